The zero-order valence-corrected chi connectivity index (χ0v) is 18.7. The van der Waals surface area contributed by atoms with Crippen LogP contribution in [-0.2, 0) is 0 Å². The predicted octanol–water partition coefficient (Wildman–Crippen LogP) is 4.93. The highest BCUT2D eigenvalue weighted by Crippen LogP contribution is 2.31. The lowest BCUT2D eigenvalue weighted by atomic mass is 10.1. The molecule has 0 unspecified atom stereocenters. The van der Waals surface area contributed by atoms with Gasteiger partial charge in [0.1, 0.15) is 5.82 Å². The quantitative estimate of drug-likeness (QED) is 0.514. The van der Waals surface area contributed by atoms with E-state index in [0.717, 1.165) is 30.9 Å². The van der Waals surface area contributed by atoms with Gasteiger partial charge in [-0.2, -0.15) is 0 Å². The Morgan fingerprint density at radius 1 is 1.34 bits per heavy atom. The van der Waals surface area contributed by atoms with Crippen LogP contribution in [0.2, 0.25) is 0 Å². The minimum absolute atomic E-state index is 0.569. The zero-order chi connectivity index (χ0) is 21.5. The zero-order valence-electron chi connectivity index (χ0n) is 18.7. The van der Waals surface area contributed by atoms with Crippen molar-refractivity contribution in [3.8, 4) is 0 Å². The Balaban J connectivity index is 0.00000204. The summed E-state index contributed by atoms with van der Waals surface area (Å²) in [4.78, 5) is 10.8. The standard InChI is InChI=1S/C22H33N5.C2H6/c1-18(12-13-19-8-4-5-9-19)26-16-22(23)25-14-15-27(3)17-21(24-2)20-10-6-7-11-20;1-2/h4-5,8,12-13,16-17,20,25H,2,6-7,9-11,14-15,23H2,1,3H3;1-2H3/b13-12+,21-17-,22-16-,26-18-;. The molecule has 0 saturated heterocycles. The van der Waals surface area contributed by atoms with Crippen LogP contribution in [0.3, 0.4) is 0 Å². The first-order chi connectivity index (χ1) is 14.1. The van der Waals surface area contributed by atoms with E-state index < -0.39 is 0 Å². The van der Waals surface area contributed by atoms with E-state index in [2.05, 4.69) is 64.5 Å². The molecule has 0 aromatic rings. The number of nitrogens with zero attached hydrogens (tertiary/aromatic N) is 3. The molecule has 0 heterocycles. The van der Waals surface area contributed by atoms with Gasteiger partial charge in [-0.3, -0.25) is 9.98 Å². The van der Waals surface area contributed by atoms with Gasteiger partial charge in [0.15, 0.2) is 0 Å². The van der Waals surface area contributed by atoms with E-state index >= 15 is 0 Å². The Morgan fingerprint density at radius 3 is 2.69 bits per heavy atom. The summed E-state index contributed by atoms with van der Waals surface area (Å²) in [5.74, 6) is 1.14. The van der Waals surface area contributed by atoms with Gasteiger partial charge in [-0.05, 0) is 44.6 Å². The SMILES string of the molecule is C=N/C(=C\N(C)CCN\C(N)=C/N=C(C)\C=C\C1=CC=CC1)C1CCCC1.CC. The average Bonchev–Trinajstić information content (AvgIpc) is 3.44. The summed E-state index contributed by atoms with van der Waals surface area (Å²) in [6.45, 7) is 11.3. The number of rotatable bonds is 10. The average molecular weight is 398 g/mol. The third kappa shape index (κ3) is 9.97. The lowest BCUT2D eigenvalue weighted by Gasteiger charge is -2.18. The number of nitrogens with two attached hydrogens (primary N) is 1. The summed E-state index contributed by atoms with van der Waals surface area (Å²) < 4.78 is 0. The molecule has 5 heteroatoms. The molecule has 0 radical (unpaired) electrons. The molecule has 29 heavy (non-hydrogen) atoms. The van der Waals surface area contributed by atoms with Crippen molar-refractivity contribution < 1.29 is 0 Å². The van der Waals surface area contributed by atoms with Gasteiger partial charge in [-0.1, -0.05) is 51.0 Å². The van der Waals surface area contributed by atoms with Crippen LogP contribution in [0, 0.1) is 5.92 Å². The molecule has 5 nitrogen and oxygen atoms in total. The first-order valence-electron chi connectivity index (χ1n) is 10.7. The van der Waals surface area contributed by atoms with Crippen LogP contribution in [0.1, 0.15) is 52.9 Å². The van der Waals surface area contributed by atoms with Crippen LogP contribution >= 0.6 is 0 Å². The Kier molecular flexibility index (Phi) is 12.2. The van der Waals surface area contributed by atoms with E-state index in [1.807, 2.05) is 26.8 Å². The Labute approximate surface area is 177 Å². The molecule has 3 N–H and O–H groups in total. The molecule has 0 aromatic carbocycles. The summed E-state index contributed by atoms with van der Waals surface area (Å²) in [5.41, 5.74) is 9.31. The largest absolute Gasteiger partial charge is 0.384 e. The van der Waals surface area contributed by atoms with E-state index in [1.165, 1.54) is 31.3 Å². The number of allylic oxidation sites excluding steroid dienone is 7. The topological polar surface area (TPSA) is 66.0 Å². The lowest BCUT2D eigenvalue weighted by molar-refractivity contribution is 0.439. The number of likely N-dealkylation sites (N-methyl/N-ethyl adjacent to an activating group) is 1. The molecule has 2 rings (SSSR count). The van der Waals surface area contributed by atoms with Gasteiger partial charge in [0, 0.05) is 38.0 Å². The maximum atomic E-state index is 5.99. The lowest BCUT2D eigenvalue weighted by Crippen LogP contribution is -2.29. The van der Waals surface area contributed by atoms with Crippen LogP contribution < -0.4 is 11.1 Å². The molecule has 1 fully saturated rings. The fourth-order valence-corrected chi connectivity index (χ4v) is 3.24. The summed E-state index contributed by atoms with van der Waals surface area (Å²) in [5, 5.41) is 3.20. The summed E-state index contributed by atoms with van der Waals surface area (Å²) in [7, 11) is 2.06. The Morgan fingerprint density at radius 2 is 2.07 bits per heavy atom. The van der Waals surface area contributed by atoms with E-state index in [1.54, 1.807) is 6.20 Å². The van der Waals surface area contributed by atoms with E-state index in [4.69, 9.17) is 5.73 Å². The number of aliphatic imine (C=N–C) groups is 2. The number of hydrogen-bond donors (Lipinski definition) is 2. The maximum absolute atomic E-state index is 5.99. The van der Waals surface area contributed by atoms with E-state index in [9.17, 15) is 0 Å². The van der Waals surface area contributed by atoms with Crippen molar-refractivity contribution in [1.82, 2.24) is 10.2 Å². The van der Waals surface area contributed by atoms with Gasteiger partial charge >= 0.3 is 0 Å². The molecular weight excluding hydrogens is 358 g/mol. The van der Waals surface area contributed by atoms with Crippen molar-refractivity contribution >= 4 is 12.4 Å². The molecular formula is C24H39N5. The van der Waals surface area contributed by atoms with Crippen LogP contribution in [0.4, 0.5) is 0 Å². The smallest absolute Gasteiger partial charge is 0.115 e. The fourth-order valence-electron chi connectivity index (χ4n) is 3.24. The second kappa shape index (κ2) is 14.4. The normalized spacial score (nSPS) is 17.9. The van der Waals surface area contributed by atoms with Crippen molar-refractivity contribution in [3.05, 3.63) is 59.9 Å². The van der Waals surface area contributed by atoms with Crippen molar-refractivity contribution in [2.45, 2.75) is 52.9 Å². The third-order valence-electron chi connectivity index (χ3n) is 4.85. The van der Waals surface area contributed by atoms with Crippen molar-refractivity contribution in [3.63, 3.8) is 0 Å². The second-order valence-corrected chi connectivity index (χ2v) is 7.16. The van der Waals surface area contributed by atoms with E-state index in [0.29, 0.717) is 11.7 Å². The van der Waals surface area contributed by atoms with Crippen molar-refractivity contribution in [2.75, 3.05) is 20.1 Å². The van der Waals surface area contributed by atoms with Gasteiger partial charge in [0.05, 0.1) is 11.9 Å². The van der Waals surface area contributed by atoms with Gasteiger partial charge in [0.25, 0.3) is 0 Å². The molecule has 0 bridgehead atoms. The molecule has 1 saturated carbocycles. The Bertz CT molecular complexity index is 673. The van der Waals surface area contributed by atoms with Crippen LogP contribution in [0.5, 0.6) is 0 Å². The molecule has 0 aliphatic heterocycles. The Hall–Kier alpha value is -2.56. The molecule has 0 atom stereocenters. The highest BCUT2D eigenvalue weighted by molar-refractivity contribution is 5.93. The van der Waals surface area contributed by atoms with Crippen LogP contribution in [0.25, 0.3) is 0 Å². The van der Waals surface area contributed by atoms with Crippen molar-refractivity contribution in [2.24, 2.45) is 21.6 Å². The summed E-state index contributed by atoms with van der Waals surface area (Å²) in [6, 6.07) is 0. The molecule has 0 aromatic heterocycles. The minimum atomic E-state index is 0.569. The van der Waals surface area contributed by atoms with Crippen LogP contribution in [0.15, 0.2) is 69.9 Å². The highest BCUT2D eigenvalue weighted by atomic mass is 15.1. The van der Waals surface area contributed by atoms with Gasteiger partial charge in [-0.15, -0.1) is 0 Å². The predicted molar refractivity (Wildman–Crippen MR) is 128 cm³/mol. The minimum Gasteiger partial charge on any atom is -0.384 e. The van der Waals surface area contributed by atoms with E-state index in [-0.39, 0.29) is 0 Å². The second-order valence-electron chi connectivity index (χ2n) is 7.16. The summed E-state index contributed by atoms with van der Waals surface area (Å²) in [6.07, 6.45) is 20.3. The number of nitrogens with one attached hydrogen (secondary N) is 1. The highest BCUT2D eigenvalue weighted by Gasteiger charge is 2.18. The molecule has 0 spiro atoms. The van der Waals surface area contributed by atoms with Gasteiger partial charge in [-0.25, -0.2) is 0 Å². The summed E-state index contributed by atoms with van der Waals surface area (Å²) >= 11 is 0. The maximum Gasteiger partial charge on any atom is 0.115 e. The van der Waals surface area contributed by atoms with Crippen molar-refractivity contribution in [1.29, 1.82) is 0 Å². The molecule has 160 valence electrons. The first-order valence-corrected chi connectivity index (χ1v) is 10.7. The molecule has 2 aliphatic rings. The fraction of sp³-hybridized carbons (Fsp3) is 0.500. The molecule has 2 aliphatic carbocycles. The monoisotopic (exact) mass is 397 g/mol. The third-order valence-corrected chi connectivity index (χ3v) is 4.85. The number of hydrogen-bond acceptors (Lipinski definition) is 5. The van der Waals surface area contributed by atoms with Crippen LogP contribution in [-0.4, -0.2) is 37.5 Å². The van der Waals surface area contributed by atoms with Gasteiger partial charge in [0.2, 0.25) is 0 Å². The van der Waals surface area contributed by atoms with Gasteiger partial charge < -0.3 is 16.0 Å². The first kappa shape index (κ1) is 24.5. The molecule has 0 amide bonds.